The van der Waals surface area contributed by atoms with Gasteiger partial charge in [0, 0.05) is 29.4 Å². The molecule has 0 aliphatic rings. The number of hydrogen-bond acceptors (Lipinski definition) is 4. The molecular formula is C22H16ClF3N2O4. The number of carbonyl (C=O) groups excluding carboxylic acids is 1. The number of carbonyl (C=O) groups is 2. The minimum atomic E-state index is -4.49. The van der Waals surface area contributed by atoms with Crippen molar-refractivity contribution < 1.29 is 32.6 Å². The summed E-state index contributed by atoms with van der Waals surface area (Å²) in [6.45, 7) is -0.484. The molecule has 32 heavy (non-hydrogen) atoms. The Morgan fingerprint density at radius 2 is 1.66 bits per heavy atom. The van der Waals surface area contributed by atoms with Gasteiger partial charge in [-0.05, 0) is 48.0 Å². The molecule has 0 aliphatic carbocycles. The maximum atomic E-state index is 12.7. The minimum absolute atomic E-state index is 0.0174. The number of nitrogens with zero attached hydrogens (tertiary/aromatic N) is 2. The van der Waals surface area contributed by atoms with E-state index in [0.717, 1.165) is 12.1 Å². The van der Waals surface area contributed by atoms with Crippen LogP contribution in [0.1, 0.15) is 21.5 Å². The fourth-order valence-corrected chi connectivity index (χ4v) is 2.88. The van der Waals surface area contributed by atoms with Gasteiger partial charge in [-0.2, -0.15) is 13.2 Å². The first-order valence-electron chi connectivity index (χ1n) is 9.18. The first kappa shape index (κ1) is 23.1. The molecule has 2 aromatic carbocycles. The van der Waals surface area contributed by atoms with Gasteiger partial charge in [0.2, 0.25) is 5.88 Å². The minimum Gasteiger partial charge on any atom is -0.480 e. The maximum Gasteiger partial charge on any atom is 0.417 e. The molecule has 0 radical (unpaired) electrons. The highest BCUT2D eigenvalue weighted by molar-refractivity contribution is 6.30. The van der Waals surface area contributed by atoms with Crippen LogP contribution < -0.4 is 4.74 Å². The van der Waals surface area contributed by atoms with Crippen molar-refractivity contribution in [1.29, 1.82) is 0 Å². The van der Waals surface area contributed by atoms with Crippen LogP contribution in [0.25, 0.3) is 0 Å². The van der Waals surface area contributed by atoms with Gasteiger partial charge in [0.15, 0.2) is 0 Å². The van der Waals surface area contributed by atoms with E-state index in [-0.39, 0.29) is 12.4 Å². The van der Waals surface area contributed by atoms with Crippen LogP contribution in [0.5, 0.6) is 11.6 Å². The molecule has 0 aliphatic heterocycles. The zero-order valence-corrected chi connectivity index (χ0v) is 17.1. The third kappa shape index (κ3) is 6.21. The van der Waals surface area contributed by atoms with E-state index in [4.69, 9.17) is 21.4 Å². The molecular weight excluding hydrogens is 449 g/mol. The van der Waals surface area contributed by atoms with Gasteiger partial charge in [-0.3, -0.25) is 9.59 Å². The van der Waals surface area contributed by atoms with Gasteiger partial charge in [0.05, 0.1) is 5.56 Å². The molecule has 0 bridgehead atoms. The van der Waals surface area contributed by atoms with E-state index in [0.29, 0.717) is 28.1 Å². The lowest BCUT2D eigenvalue weighted by Crippen LogP contribution is -2.35. The number of ether oxygens (including phenoxy) is 1. The van der Waals surface area contributed by atoms with Crippen molar-refractivity contribution in [3.63, 3.8) is 0 Å². The summed E-state index contributed by atoms with van der Waals surface area (Å²) in [5, 5.41) is 9.62. The van der Waals surface area contributed by atoms with Crippen LogP contribution >= 0.6 is 11.6 Å². The van der Waals surface area contributed by atoms with Crippen molar-refractivity contribution >= 4 is 23.5 Å². The second kappa shape index (κ2) is 9.69. The summed E-state index contributed by atoms with van der Waals surface area (Å²) in [4.78, 5) is 28.7. The van der Waals surface area contributed by atoms with Crippen molar-refractivity contribution in [1.82, 2.24) is 9.88 Å². The first-order valence-corrected chi connectivity index (χ1v) is 9.56. The number of pyridine rings is 1. The Kier molecular flexibility index (Phi) is 6.99. The summed E-state index contributed by atoms with van der Waals surface area (Å²) in [7, 11) is 0. The summed E-state index contributed by atoms with van der Waals surface area (Å²) in [5.74, 6) is -1.34. The Labute approximate surface area is 185 Å². The van der Waals surface area contributed by atoms with Crippen LogP contribution in [0, 0.1) is 0 Å². The summed E-state index contributed by atoms with van der Waals surface area (Å²) in [6.07, 6.45) is -3.81. The van der Waals surface area contributed by atoms with E-state index >= 15 is 0 Å². The Hall–Kier alpha value is -3.59. The SMILES string of the molecule is O=C(O)CN(Cc1ccc(Oc2ccc(C(F)(F)F)cn2)cc1)C(=O)c1ccc(Cl)cc1. The summed E-state index contributed by atoms with van der Waals surface area (Å²) in [5.41, 5.74) is 0.0364. The third-order valence-corrected chi connectivity index (χ3v) is 4.54. The molecule has 0 fully saturated rings. The van der Waals surface area contributed by atoms with Crippen LogP contribution in [-0.2, 0) is 17.5 Å². The molecule has 1 amide bonds. The summed E-state index contributed by atoms with van der Waals surface area (Å²) >= 11 is 5.83. The highest BCUT2D eigenvalue weighted by Gasteiger charge is 2.30. The van der Waals surface area contributed by atoms with Gasteiger partial charge in [-0.15, -0.1) is 0 Å². The normalized spacial score (nSPS) is 11.1. The largest absolute Gasteiger partial charge is 0.480 e. The van der Waals surface area contributed by atoms with Gasteiger partial charge in [-0.1, -0.05) is 23.7 Å². The predicted octanol–water partition coefficient (Wildman–Crippen LogP) is 5.27. The lowest BCUT2D eigenvalue weighted by Gasteiger charge is -2.21. The molecule has 0 saturated carbocycles. The molecule has 10 heteroatoms. The zero-order valence-electron chi connectivity index (χ0n) is 16.3. The van der Waals surface area contributed by atoms with E-state index in [1.165, 1.54) is 29.2 Å². The summed E-state index contributed by atoms with van der Waals surface area (Å²) < 4.78 is 43.3. The second-order valence-corrected chi connectivity index (χ2v) is 7.13. The lowest BCUT2D eigenvalue weighted by atomic mass is 10.1. The van der Waals surface area contributed by atoms with Crippen molar-refractivity contribution in [2.45, 2.75) is 12.7 Å². The number of aliphatic carboxylic acids is 1. The van der Waals surface area contributed by atoms with Crippen molar-refractivity contribution in [3.05, 3.63) is 88.6 Å². The van der Waals surface area contributed by atoms with Crippen LogP contribution in [0.15, 0.2) is 66.9 Å². The van der Waals surface area contributed by atoms with E-state index < -0.39 is 30.2 Å². The second-order valence-electron chi connectivity index (χ2n) is 6.69. The van der Waals surface area contributed by atoms with Crippen LogP contribution in [-0.4, -0.2) is 33.4 Å². The number of benzene rings is 2. The quantitative estimate of drug-likeness (QED) is 0.515. The van der Waals surface area contributed by atoms with E-state index in [1.54, 1.807) is 24.3 Å². The standard InChI is InChI=1S/C22H16ClF3N2O4/c23-17-6-3-15(4-7-17)21(31)28(13-20(29)30)12-14-1-8-18(9-2-14)32-19-10-5-16(11-27-19)22(24,25)26/h1-11H,12-13H2,(H,29,30). The molecule has 3 aromatic rings. The topological polar surface area (TPSA) is 79.7 Å². The van der Waals surface area contributed by atoms with Gasteiger partial charge in [0.25, 0.3) is 5.91 Å². The monoisotopic (exact) mass is 464 g/mol. The number of carboxylic acids is 1. The molecule has 1 aromatic heterocycles. The molecule has 6 nitrogen and oxygen atoms in total. The number of hydrogen-bond donors (Lipinski definition) is 1. The third-order valence-electron chi connectivity index (χ3n) is 4.29. The Morgan fingerprint density at radius 3 is 2.19 bits per heavy atom. The van der Waals surface area contributed by atoms with E-state index in [2.05, 4.69) is 4.98 Å². The predicted molar refractivity (Wildman–Crippen MR) is 110 cm³/mol. The molecule has 1 N–H and O–H groups in total. The smallest absolute Gasteiger partial charge is 0.417 e. The maximum absolute atomic E-state index is 12.7. The molecule has 0 saturated heterocycles. The van der Waals surface area contributed by atoms with Gasteiger partial charge in [0.1, 0.15) is 12.3 Å². The van der Waals surface area contributed by atoms with E-state index in [9.17, 15) is 22.8 Å². The van der Waals surface area contributed by atoms with E-state index in [1.807, 2.05) is 0 Å². The number of rotatable bonds is 7. The van der Waals surface area contributed by atoms with Crippen molar-refractivity contribution in [2.75, 3.05) is 6.54 Å². The molecule has 166 valence electrons. The Morgan fingerprint density at radius 1 is 1.00 bits per heavy atom. The Bertz CT molecular complexity index is 1090. The number of carboxylic acid groups (broad SMARTS) is 1. The van der Waals surface area contributed by atoms with Crippen LogP contribution in [0.3, 0.4) is 0 Å². The van der Waals surface area contributed by atoms with Crippen molar-refractivity contribution in [3.8, 4) is 11.6 Å². The highest BCUT2D eigenvalue weighted by Crippen LogP contribution is 2.30. The molecule has 3 rings (SSSR count). The fourth-order valence-electron chi connectivity index (χ4n) is 2.75. The van der Waals surface area contributed by atoms with Gasteiger partial charge >= 0.3 is 12.1 Å². The average Bonchev–Trinajstić information content (AvgIpc) is 2.74. The van der Waals surface area contributed by atoms with Crippen LogP contribution in [0.4, 0.5) is 13.2 Å². The van der Waals surface area contributed by atoms with Crippen LogP contribution in [0.2, 0.25) is 5.02 Å². The molecule has 0 atom stereocenters. The number of amides is 1. The number of alkyl halides is 3. The van der Waals surface area contributed by atoms with Gasteiger partial charge in [-0.25, -0.2) is 4.98 Å². The molecule has 0 spiro atoms. The lowest BCUT2D eigenvalue weighted by molar-refractivity contribution is -0.138. The Balaban J connectivity index is 1.69. The highest BCUT2D eigenvalue weighted by atomic mass is 35.5. The fraction of sp³-hybridized carbons (Fsp3) is 0.136. The molecule has 0 unspecified atom stereocenters. The zero-order chi connectivity index (χ0) is 23.3. The molecule has 1 heterocycles. The summed E-state index contributed by atoms with van der Waals surface area (Å²) in [6, 6.07) is 14.4. The van der Waals surface area contributed by atoms with Gasteiger partial charge < -0.3 is 14.7 Å². The first-order chi connectivity index (χ1) is 15.1. The number of aromatic nitrogens is 1. The average molecular weight is 465 g/mol. The number of halogens is 4. The van der Waals surface area contributed by atoms with Crippen molar-refractivity contribution in [2.24, 2.45) is 0 Å².